The van der Waals surface area contributed by atoms with E-state index in [9.17, 15) is 8.42 Å². The van der Waals surface area contributed by atoms with Gasteiger partial charge in [0.25, 0.3) is 0 Å². The van der Waals surface area contributed by atoms with Gasteiger partial charge in [0.05, 0.1) is 28.9 Å². The summed E-state index contributed by atoms with van der Waals surface area (Å²) in [5.41, 5.74) is 7.09. The molecule has 1 unspecified atom stereocenters. The maximum Gasteiger partial charge on any atom is 0.242 e. The summed E-state index contributed by atoms with van der Waals surface area (Å²) in [5.74, 6) is 0.356. The van der Waals surface area contributed by atoms with Gasteiger partial charge in [0.1, 0.15) is 0 Å². The normalized spacial score (nSPS) is 13.7. The minimum atomic E-state index is -3.47. The lowest BCUT2D eigenvalue weighted by molar-refractivity contribution is 0.171. The van der Waals surface area contributed by atoms with Crippen LogP contribution in [-0.2, 0) is 14.8 Å². The largest absolute Gasteiger partial charge is 0.397 e. The predicted molar refractivity (Wildman–Crippen MR) is 85.9 cm³/mol. The minimum Gasteiger partial charge on any atom is -0.397 e. The Balaban J connectivity index is 3.03. The molecule has 0 saturated carbocycles. The van der Waals surface area contributed by atoms with Crippen molar-refractivity contribution in [2.75, 3.05) is 38.9 Å². The first-order valence-corrected chi connectivity index (χ1v) is 8.21. The summed E-state index contributed by atoms with van der Waals surface area (Å²) in [5, 5.41) is 3.30. The smallest absolute Gasteiger partial charge is 0.242 e. The van der Waals surface area contributed by atoms with Gasteiger partial charge in [-0.1, -0.05) is 13.8 Å². The highest BCUT2D eigenvalue weighted by Crippen LogP contribution is 2.25. The van der Waals surface area contributed by atoms with Crippen molar-refractivity contribution in [1.29, 1.82) is 0 Å². The number of sulfonamides is 1. The molecule has 1 rings (SSSR count). The fourth-order valence-corrected chi connectivity index (χ4v) is 2.76. The van der Waals surface area contributed by atoms with Crippen LogP contribution in [0.3, 0.4) is 0 Å². The maximum absolute atomic E-state index is 12.1. The Morgan fingerprint density at radius 2 is 1.95 bits per heavy atom. The van der Waals surface area contributed by atoms with E-state index in [1.165, 1.54) is 20.2 Å². The third kappa shape index (κ3) is 4.33. The Kier molecular flexibility index (Phi) is 6.00. The average Bonchev–Trinajstić information content (AvgIpc) is 2.39. The zero-order valence-electron chi connectivity index (χ0n) is 13.3. The van der Waals surface area contributed by atoms with E-state index in [0.29, 0.717) is 23.9 Å². The van der Waals surface area contributed by atoms with E-state index >= 15 is 0 Å². The number of nitrogens with one attached hydrogen (secondary N) is 1. The molecule has 0 saturated heterocycles. The lowest BCUT2D eigenvalue weighted by Crippen LogP contribution is -2.30. The molecule has 0 aliphatic carbocycles. The molecule has 6 nitrogen and oxygen atoms in total. The molecule has 0 heterocycles. The lowest BCUT2D eigenvalue weighted by Gasteiger charge is -2.24. The Bertz CT molecular complexity index is 571. The second-order valence-corrected chi connectivity index (χ2v) is 7.64. The molecule has 0 aliphatic rings. The highest BCUT2D eigenvalue weighted by Gasteiger charge is 2.19. The Morgan fingerprint density at radius 3 is 2.38 bits per heavy atom. The first kappa shape index (κ1) is 17.7. The zero-order valence-corrected chi connectivity index (χ0v) is 14.1. The van der Waals surface area contributed by atoms with Crippen LogP contribution in [0, 0.1) is 5.92 Å². The van der Waals surface area contributed by atoms with Gasteiger partial charge < -0.3 is 15.8 Å². The summed E-state index contributed by atoms with van der Waals surface area (Å²) >= 11 is 0. The third-order valence-electron chi connectivity index (χ3n) is 3.29. The number of ether oxygens (including phenoxy) is 1. The molecule has 0 aromatic heterocycles. The van der Waals surface area contributed by atoms with Crippen molar-refractivity contribution < 1.29 is 13.2 Å². The molecule has 0 fully saturated rings. The number of anilines is 2. The first-order chi connectivity index (χ1) is 9.70. The molecular weight excluding hydrogens is 290 g/mol. The number of benzene rings is 1. The fourth-order valence-electron chi connectivity index (χ4n) is 1.82. The van der Waals surface area contributed by atoms with Gasteiger partial charge in [-0.15, -0.1) is 0 Å². The van der Waals surface area contributed by atoms with Gasteiger partial charge in [-0.3, -0.25) is 0 Å². The average molecular weight is 315 g/mol. The predicted octanol–water partition coefficient (Wildman–Crippen LogP) is 1.60. The van der Waals surface area contributed by atoms with Crippen molar-refractivity contribution in [1.82, 2.24) is 4.31 Å². The highest BCUT2D eigenvalue weighted by molar-refractivity contribution is 7.89. The van der Waals surface area contributed by atoms with Crippen LogP contribution in [0.1, 0.15) is 13.8 Å². The molecule has 3 N–H and O–H groups in total. The number of hydrogen-bond donors (Lipinski definition) is 2. The van der Waals surface area contributed by atoms with Gasteiger partial charge in [0.2, 0.25) is 10.0 Å². The van der Waals surface area contributed by atoms with Crippen LogP contribution >= 0.6 is 0 Å². The van der Waals surface area contributed by atoms with Crippen molar-refractivity contribution in [3.8, 4) is 0 Å². The van der Waals surface area contributed by atoms with Crippen molar-refractivity contribution in [2.24, 2.45) is 5.92 Å². The summed E-state index contributed by atoms with van der Waals surface area (Å²) in [6, 6.07) is 4.82. The van der Waals surface area contributed by atoms with Crippen LogP contribution in [0.15, 0.2) is 23.1 Å². The maximum atomic E-state index is 12.1. The molecule has 120 valence electrons. The van der Waals surface area contributed by atoms with Crippen molar-refractivity contribution in [2.45, 2.75) is 24.8 Å². The van der Waals surface area contributed by atoms with Crippen LogP contribution in [-0.4, -0.2) is 46.6 Å². The van der Waals surface area contributed by atoms with E-state index < -0.39 is 10.0 Å². The molecule has 0 spiro atoms. The molecule has 1 aromatic rings. The van der Waals surface area contributed by atoms with Gasteiger partial charge in [0.15, 0.2) is 0 Å². The Hall–Kier alpha value is -1.31. The van der Waals surface area contributed by atoms with E-state index in [1.807, 2.05) is 0 Å². The van der Waals surface area contributed by atoms with Gasteiger partial charge in [-0.05, 0) is 24.1 Å². The quantitative estimate of drug-likeness (QED) is 0.747. The van der Waals surface area contributed by atoms with E-state index in [4.69, 9.17) is 10.5 Å². The van der Waals surface area contributed by atoms with Gasteiger partial charge in [0, 0.05) is 21.2 Å². The lowest BCUT2D eigenvalue weighted by atomic mass is 10.0. The Morgan fingerprint density at radius 1 is 1.33 bits per heavy atom. The molecule has 1 atom stereocenters. The molecular formula is C14H25N3O3S. The first-order valence-electron chi connectivity index (χ1n) is 6.77. The van der Waals surface area contributed by atoms with Gasteiger partial charge in [-0.2, -0.15) is 0 Å². The second kappa shape index (κ2) is 7.11. The molecule has 0 radical (unpaired) electrons. The number of nitrogens with zero attached hydrogens (tertiary/aromatic N) is 1. The minimum absolute atomic E-state index is 0.105. The van der Waals surface area contributed by atoms with Crippen LogP contribution < -0.4 is 11.1 Å². The number of nitrogen functional groups attached to an aromatic ring is 1. The topological polar surface area (TPSA) is 84.7 Å². The molecule has 21 heavy (non-hydrogen) atoms. The van der Waals surface area contributed by atoms with Crippen LogP contribution in [0.2, 0.25) is 0 Å². The summed E-state index contributed by atoms with van der Waals surface area (Å²) in [4.78, 5) is 0.184. The van der Waals surface area contributed by atoms with E-state index in [0.717, 1.165) is 4.31 Å². The van der Waals surface area contributed by atoms with Crippen molar-refractivity contribution in [3.63, 3.8) is 0 Å². The molecule has 0 amide bonds. The third-order valence-corrected chi connectivity index (χ3v) is 5.10. The van der Waals surface area contributed by atoms with Crippen LogP contribution in [0.5, 0.6) is 0 Å². The summed E-state index contributed by atoms with van der Waals surface area (Å²) < 4.78 is 30.5. The van der Waals surface area contributed by atoms with Gasteiger partial charge >= 0.3 is 0 Å². The fraction of sp³-hybridized carbons (Fsp3) is 0.571. The second-order valence-electron chi connectivity index (χ2n) is 5.49. The summed E-state index contributed by atoms with van der Waals surface area (Å²) in [7, 11) is 1.16. The van der Waals surface area contributed by atoms with Crippen molar-refractivity contribution >= 4 is 21.4 Å². The van der Waals surface area contributed by atoms with E-state index in [-0.39, 0.29) is 10.9 Å². The highest BCUT2D eigenvalue weighted by atomic mass is 32.2. The number of nitrogens with two attached hydrogens (primary N) is 1. The van der Waals surface area contributed by atoms with Crippen molar-refractivity contribution in [3.05, 3.63) is 18.2 Å². The van der Waals surface area contributed by atoms with Crippen LogP contribution in [0.25, 0.3) is 0 Å². The molecule has 0 bridgehead atoms. The van der Waals surface area contributed by atoms with E-state index in [2.05, 4.69) is 19.2 Å². The standard InChI is InChI=1S/C14H25N3O3S/c1-10(2)14(9-20-5)16-13-7-6-11(8-12(13)15)21(18,19)17(3)4/h6-8,10,14,16H,9,15H2,1-5H3. The molecule has 7 heteroatoms. The SMILES string of the molecule is COCC(Nc1ccc(S(=O)(=O)N(C)C)cc1N)C(C)C. The molecule has 1 aromatic carbocycles. The summed E-state index contributed by atoms with van der Waals surface area (Å²) in [6.07, 6.45) is 0. The monoisotopic (exact) mass is 315 g/mol. The van der Waals surface area contributed by atoms with Gasteiger partial charge in [-0.25, -0.2) is 12.7 Å². The Labute approximate surface area is 127 Å². The summed E-state index contributed by atoms with van der Waals surface area (Å²) in [6.45, 7) is 4.71. The number of rotatable bonds is 7. The van der Waals surface area contributed by atoms with Crippen LogP contribution in [0.4, 0.5) is 11.4 Å². The van der Waals surface area contributed by atoms with E-state index in [1.54, 1.807) is 19.2 Å². The number of hydrogen-bond acceptors (Lipinski definition) is 5. The molecule has 0 aliphatic heterocycles. The zero-order chi connectivity index (χ0) is 16.2. The number of methoxy groups -OCH3 is 1.